The van der Waals surface area contributed by atoms with E-state index in [2.05, 4.69) is 48.2 Å². The van der Waals surface area contributed by atoms with Gasteiger partial charge < -0.3 is 10.1 Å². The van der Waals surface area contributed by atoms with Crippen LogP contribution in [0.15, 0.2) is 24.3 Å². The lowest BCUT2D eigenvalue weighted by Crippen LogP contribution is -2.16. The van der Waals surface area contributed by atoms with Gasteiger partial charge in [0, 0.05) is 13.0 Å². The molecule has 0 aliphatic rings. The van der Waals surface area contributed by atoms with Crippen LogP contribution in [0, 0.1) is 0 Å². The number of carbonyl (C=O) groups is 1. The first-order valence-corrected chi connectivity index (χ1v) is 6.50. The maximum atomic E-state index is 10.9. The Morgan fingerprint density at radius 3 is 2.50 bits per heavy atom. The first kappa shape index (κ1) is 14.7. The number of hydrogen-bond acceptors (Lipinski definition) is 3. The van der Waals surface area contributed by atoms with Crippen molar-refractivity contribution in [2.75, 3.05) is 13.7 Å². The number of benzene rings is 1. The highest BCUT2D eigenvalue weighted by Crippen LogP contribution is 2.14. The Morgan fingerprint density at radius 2 is 1.94 bits per heavy atom. The maximum absolute atomic E-state index is 10.9. The second kappa shape index (κ2) is 7.88. The summed E-state index contributed by atoms with van der Waals surface area (Å²) < 4.78 is 4.58. The molecule has 1 aromatic rings. The van der Waals surface area contributed by atoms with Crippen LogP contribution < -0.4 is 5.32 Å². The van der Waals surface area contributed by atoms with Gasteiger partial charge >= 0.3 is 5.97 Å². The second-order valence-corrected chi connectivity index (χ2v) is 4.75. The normalized spacial score (nSPS) is 10.7. The lowest BCUT2D eigenvalue weighted by molar-refractivity contribution is -0.140. The zero-order chi connectivity index (χ0) is 13.4. The zero-order valence-electron chi connectivity index (χ0n) is 11.5. The van der Waals surface area contributed by atoms with E-state index in [1.807, 2.05) is 0 Å². The molecule has 0 spiro atoms. The number of rotatable bonds is 7. The van der Waals surface area contributed by atoms with E-state index in [9.17, 15) is 4.79 Å². The third-order valence-electron chi connectivity index (χ3n) is 2.94. The molecule has 1 N–H and O–H groups in total. The summed E-state index contributed by atoms with van der Waals surface area (Å²) in [5.74, 6) is 0.435. The van der Waals surface area contributed by atoms with Crippen LogP contribution in [0.1, 0.15) is 43.7 Å². The fraction of sp³-hybridized carbons (Fsp3) is 0.533. The van der Waals surface area contributed by atoms with Crippen LogP contribution in [0.2, 0.25) is 0 Å². The molecule has 0 saturated heterocycles. The highest BCUT2D eigenvalue weighted by atomic mass is 16.5. The molecule has 0 fully saturated rings. The molecule has 1 aromatic carbocycles. The van der Waals surface area contributed by atoms with E-state index < -0.39 is 0 Å². The van der Waals surface area contributed by atoms with Crippen LogP contribution in [0.25, 0.3) is 0 Å². The third-order valence-corrected chi connectivity index (χ3v) is 2.94. The van der Waals surface area contributed by atoms with E-state index >= 15 is 0 Å². The largest absolute Gasteiger partial charge is 0.469 e. The molecule has 0 aliphatic carbocycles. The maximum Gasteiger partial charge on any atom is 0.305 e. The van der Waals surface area contributed by atoms with Crippen LogP contribution in [-0.4, -0.2) is 19.6 Å². The Bertz CT molecular complexity index is 357. The van der Waals surface area contributed by atoms with E-state index in [0.29, 0.717) is 12.3 Å². The number of nitrogens with one attached hydrogen (secondary N) is 1. The number of ether oxygens (including phenoxy) is 1. The first-order valence-electron chi connectivity index (χ1n) is 6.50. The molecular weight excluding hydrogens is 226 g/mol. The summed E-state index contributed by atoms with van der Waals surface area (Å²) in [6.45, 7) is 6.07. The Balaban J connectivity index is 2.21. The molecule has 0 saturated carbocycles. The summed E-state index contributed by atoms with van der Waals surface area (Å²) in [4.78, 5) is 10.9. The van der Waals surface area contributed by atoms with Crippen LogP contribution in [0.3, 0.4) is 0 Å². The van der Waals surface area contributed by atoms with Gasteiger partial charge in [-0.1, -0.05) is 38.1 Å². The third kappa shape index (κ3) is 5.32. The van der Waals surface area contributed by atoms with Gasteiger partial charge in [0.05, 0.1) is 7.11 Å². The lowest BCUT2D eigenvalue weighted by Gasteiger charge is -2.08. The Kier molecular flexibility index (Phi) is 6.44. The number of methoxy groups -OCH3 is 1. The van der Waals surface area contributed by atoms with Crippen molar-refractivity contribution in [2.45, 2.75) is 39.2 Å². The smallest absolute Gasteiger partial charge is 0.305 e. The monoisotopic (exact) mass is 249 g/mol. The van der Waals surface area contributed by atoms with Crippen molar-refractivity contribution in [3.8, 4) is 0 Å². The van der Waals surface area contributed by atoms with Crippen molar-refractivity contribution in [1.82, 2.24) is 5.32 Å². The fourth-order valence-corrected chi connectivity index (χ4v) is 1.71. The van der Waals surface area contributed by atoms with Crippen molar-refractivity contribution in [2.24, 2.45) is 0 Å². The highest BCUT2D eigenvalue weighted by molar-refractivity contribution is 5.69. The average Bonchev–Trinajstić information content (AvgIpc) is 2.38. The quantitative estimate of drug-likeness (QED) is 0.596. The molecule has 18 heavy (non-hydrogen) atoms. The summed E-state index contributed by atoms with van der Waals surface area (Å²) in [6, 6.07) is 8.66. The van der Waals surface area contributed by atoms with Crippen molar-refractivity contribution in [1.29, 1.82) is 0 Å². The topological polar surface area (TPSA) is 38.3 Å². The van der Waals surface area contributed by atoms with E-state index in [4.69, 9.17) is 0 Å². The van der Waals surface area contributed by atoms with Gasteiger partial charge in [0.2, 0.25) is 0 Å². The lowest BCUT2D eigenvalue weighted by atomic mass is 10.0. The van der Waals surface area contributed by atoms with Crippen LogP contribution >= 0.6 is 0 Å². The van der Waals surface area contributed by atoms with Crippen LogP contribution in [0.5, 0.6) is 0 Å². The van der Waals surface area contributed by atoms with Gasteiger partial charge in [-0.3, -0.25) is 4.79 Å². The summed E-state index contributed by atoms with van der Waals surface area (Å²) in [5.41, 5.74) is 2.64. The highest BCUT2D eigenvalue weighted by Gasteiger charge is 2.00. The number of hydrogen-bond donors (Lipinski definition) is 1. The molecule has 0 amide bonds. The summed E-state index contributed by atoms with van der Waals surface area (Å²) in [7, 11) is 1.42. The van der Waals surface area contributed by atoms with Crippen molar-refractivity contribution in [3.63, 3.8) is 0 Å². The van der Waals surface area contributed by atoms with Gasteiger partial charge in [-0.15, -0.1) is 0 Å². The van der Waals surface area contributed by atoms with Crippen LogP contribution in [0.4, 0.5) is 0 Å². The van der Waals surface area contributed by atoms with Gasteiger partial charge in [0.1, 0.15) is 0 Å². The average molecular weight is 249 g/mol. The Morgan fingerprint density at radius 1 is 1.28 bits per heavy atom. The molecule has 1 rings (SSSR count). The molecule has 3 nitrogen and oxygen atoms in total. The second-order valence-electron chi connectivity index (χ2n) is 4.75. The van der Waals surface area contributed by atoms with E-state index in [-0.39, 0.29) is 5.97 Å². The predicted octanol–water partition coefficient (Wildman–Crippen LogP) is 2.85. The summed E-state index contributed by atoms with van der Waals surface area (Å²) >= 11 is 0. The van der Waals surface area contributed by atoms with Gasteiger partial charge in [0.25, 0.3) is 0 Å². The Hall–Kier alpha value is -1.35. The molecule has 100 valence electrons. The minimum atomic E-state index is -0.141. The molecule has 0 aliphatic heterocycles. The molecule has 0 unspecified atom stereocenters. The number of carbonyl (C=O) groups excluding carboxylic acids is 1. The van der Waals surface area contributed by atoms with Crippen LogP contribution in [-0.2, 0) is 16.1 Å². The van der Waals surface area contributed by atoms with Crippen molar-refractivity contribution >= 4 is 5.97 Å². The first-order chi connectivity index (χ1) is 8.63. The summed E-state index contributed by atoms with van der Waals surface area (Å²) in [6.07, 6.45) is 1.30. The zero-order valence-corrected chi connectivity index (χ0v) is 11.5. The van der Waals surface area contributed by atoms with E-state index in [0.717, 1.165) is 19.5 Å². The van der Waals surface area contributed by atoms with Gasteiger partial charge in [0.15, 0.2) is 0 Å². The number of esters is 1. The molecule has 0 atom stereocenters. The molecule has 0 bridgehead atoms. The SMILES string of the molecule is COC(=O)CCCNCc1ccc(C(C)C)cc1. The van der Waals surface area contributed by atoms with Crippen molar-refractivity contribution in [3.05, 3.63) is 35.4 Å². The standard InChI is InChI=1S/C15H23NO2/c1-12(2)14-8-6-13(7-9-14)11-16-10-4-5-15(17)18-3/h6-9,12,16H,4-5,10-11H2,1-3H3. The van der Waals surface area contributed by atoms with E-state index in [1.165, 1.54) is 18.2 Å². The molecule has 3 heteroatoms. The minimum Gasteiger partial charge on any atom is -0.469 e. The van der Waals surface area contributed by atoms with Gasteiger partial charge in [-0.2, -0.15) is 0 Å². The van der Waals surface area contributed by atoms with Gasteiger partial charge in [-0.05, 0) is 30.0 Å². The predicted molar refractivity (Wildman–Crippen MR) is 73.5 cm³/mol. The van der Waals surface area contributed by atoms with Gasteiger partial charge in [-0.25, -0.2) is 0 Å². The van der Waals surface area contributed by atoms with E-state index in [1.54, 1.807) is 0 Å². The Labute approximate surface area is 110 Å². The fourth-order valence-electron chi connectivity index (χ4n) is 1.71. The summed E-state index contributed by atoms with van der Waals surface area (Å²) in [5, 5.41) is 3.32. The molecular formula is C15H23NO2. The van der Waals surface area contributed by atoms with Crippen molar-refractivity contribution < 1.29 is 9.53 Å². The molecule has 0 heterocycles. The molecule has 0 radical (unpaired) electrons. The molecule has 0 aromatic heterocycles. The minimum absolute atomic E-state index is 0.141.